The summed E-state index contributed by atoms with van der Waals surface area (Å²) in [6.45, 7) is 15.0. The summed E-state index contributed by atoms with van der Waals surface area (Å²) in [4.78, 5) is 0. The molecule has 0 aromatic heterocycles. The molecule has 0 aliphatic carbocycles. The van der Waals surface area contributed by atoms with Gasteiger partial charge >= 0.3 is 0 Å². The molecular weight excluding hydrogens is 146 g/mol. The Morgan fingerprint density at radius 2 is 1.83 bits per heavy atom. The molecule has 0 fully saturated rings. The van der Waals surface area contributed by atoms with Gasteiger partial charge in [0.1, 0.15) is 0 Å². The van der Waals surface area contributed by atoms with Gasteiger partial charge < -0.3 is 5.32 Å². The van der Waals surface area contributed by atoms with Gasteiger partial charge in [0.05, 0.1) is 0 Å². The fourth-order valence-corrected chi connectivity index (χ4v) is 0.841. The van der Waals surface area contributed by atoms with Gasteiger partial charge in [-0.05, 0) is 27.3 Å². The van der Waals surface area contributed by atoms with Crippen LogP contribution in [-0.4, -0.2) is 13.6 Å². The van der Waals surface area contributed by atoms with Gasteiger partial charge in [-0.2, -0.15) is 0 Å². The Balaban J connectivity index is 0. The first-order valence-corrected chi connectivity index (χ1v) is 4.13. The topological polar surface area (TPSA) is 12.0 Å². The highest BCUT2D eigenvalue weighted by atomic mass is 14.8. The third-order valence-corrected chi connectivity index (χ3v) is 1.49. The van der Waals surface area contributed by atoms with Crippen LogP contribution in [0.2, 0.25) is 0 Å². The van der Waals surface area contributed by atoms with E-state index in [-0.39, 0.29) is 0 Å². The predicted molar refractivity (Wildman–Crippen MR) is 58.4 cm³/mol. The highest BCUT2D eigenvalue weighted by Gasteiger charge is 1.93. The minimum atomic E-state index is 0.981. The molecule has 12 heavy (non-hydrogen) atoms. The Morgan fingerprint density at radius 1 is 1.33 bits per heavy atom. The maximum absolute atomic E-state index is 3.70. The van der Waals surface area contributed by atoms with E-state index in [1.807, 2.05) is 13.1 Å². The van der Waals surface area contributed by atoms with Crippen LogP contribution in [0.3, 0.4) is 0 Å². The second kappa shape index (κ2) is 10.2. The van der Waals surface area contributed by atoms with Crippen molar-refractivity contribution in [3.8, 4) is 0 Å². The van der Waals surface area contributed by atoms with Crippen molar-refractivity contribution in [2.75, 3.05) is 13.6 Å². The zero-order valence-electron chi connectivity index (χ0n) is 8.61. The number of hydrogen-bond acceptors (Lipinski definition) is 1. The number of nitrogens with one attached hydrogen (secondary N) is 1. The lowest BCUT2D eigenvalue weighted by atomic mass is 10.1. The van der Waals surface area contributed by atoms with E-state index < -0.39 is 0 Å². The van der Waals surface area contributed by atoms with E-state index in [1.165, 1.54) is 11.1 Å². The summed E-state index contributed by atoms with van der Waals surface area (Å²) >= 11 is 0. The molecule has 0 aromatic carbocycles. The van der Waals surface area contributed by atoms with E-state index in [0.717, 1.165) is 13.0 Å². The van der Waals surface area contributed by atoms with Crippen molar-refractivity contribution in [2.24, 2.45) is 0 Å². The van der Waals surface area contributed by atoms with Crippen LogP contribution in [0, 0.1) is 0 Å². The molecule has 0 spiro atoms. The number of rotatable bonds is 4. The monoisotopic (exact) mass is 167 g/mol. The molecule has 1 heteroatoms. The molecular formula is C11H21N. The van der Waals surface area contributed by atoms with Crippen molar-refractivity contribution in [3.05, 3.63) is 37.0 Å². The highest BCUT2D eigenvalue weighted by molar-refractivity contribution is 5.14. The normalized spacial score (nSPS) is 7.92. The molecule has 0 aromatic rings. The van der Waals surface area contributed by atoms with Gasteiger partial charge in [0, 0.05) is 6.54 Å². The molecule has 0 radical (unpaired) electrons. The maximum atomic E-state index is 3.70. The zero-order chi connectivity index (χ0) is 9.98. The molecule has 0 heterocycles. The third-order valence-electron chi connectivity index (χ3n) is 1.49. The second-order valence-electron chi connectivity index (χ2n) is 2.63. The number of allylic oxidation sites excluding steroid dienone is 2. The Hall–Kier alpha value is -0.820. The van der Waals surface area contributed by atoms with E-state index in [1.54, 1.807) is 0 Å². The van der Waals surface area contributed by atoms with Crippen molar-refractivity contribution in [1.29, 1.82) is 0 Å². The molecule has 0 aliphatic rings. The molecule has 0 unspecified atom stereocenters. The molecule has 0 atom stereocenters. The Bertz CT molecular complexity index is 141. The van der Waals surface area contributed by atoms with Crippen LogP contribution in [0.5, 0.6) is 0 Å². The molecule has 0 rings (SSSR count). The maximum Gasteiger partial charge on any atom is 0.0167 e. The first kappa shape index (κ1) is 13.7. The van der Waals surface area contributed by atoms with Crippen LogP contribution in [0.25, 0.3) is 0 Å². The zero-order valence-corrected chi connectivity index (χ0v) is 8.61. The smallest absolute Gasteiger partial charge is 0.0167 e. The SMILES string of the molecule is C=C.C=CCC(CNC)=C(C)C. The number of likely N-dealkylation sites (N-methyl/N-ethyl adjacent to an activating group) is 1. The quantitative estimate of drug-likeness (QED) is 0.635. The number of hydrogen-bond donors (Lipinski definition) is 1. The van der Waals surface area contributed by atoms with Gasteiger partial charge in [-0.15, -0.1) is 19.7 Å². The molecule has 1 nitrogen and oxygen atoms in total. The van der Waals surface area contributed by atoms with E-state index in [9.17, 15) is 0 Å². The molecule has 1 N–H and O–H groups in total. The fourth-order valence-electron chi connectivity index (χ4n) is 0.841. The van der Waals surface area contributed by atoms with Gasteiger partial charge in [0.25, 0.3) is 0 Å². The van der Waals surface area contributed by atoms with Crippen LogP contribution in [0.1, 0.15) is 20.3 Å². The Labute approximate surface area is 76.9 Å². The van der Waals surface area contributed by atoms with Gasteiger partial charge in [-0.3, -0.25) is 0 Å². The Morgan fingerprint density at radius 3 is 2.08 bits per heavy atom. The van der Waals surface area contributed by atoms with Crippen molar-refractivity contribution in [3.63, 3.8) is 0 Å². The summed E-state index contributed by atoms with van der Waals surface area (Å²) in [5, 5.41) is 3.13. The largest absolute Gasteiger partial charge is 0.316 e. The molecule has 0 amide bonds. The summed E-state index contributed by atoms with van der Waals surface area (Å²) in [6.07, 6.45) is 2.95. The van der Waals surface area contributed by atoms with Gasteiger partial charge in [-0.25, -0.2) is 0 Å². The molecule has 0 bridgehead atoms. The van der Waals surface area contributed by atoms with E-state index in [4.69, 9.17) is 0 Å². The summed E-state index contributed by atoms with van der Waals surface area (Å²) in [5.74, 6) is 0. The summed E-state index contributed by atoms with van der Waals surface area (Å²) in [7, 11) is 1.96. The molecule has 0 saturated heterocycles. The van der Waals surface area contributed by atoms with E-state index >= 15 is 0 Å². The minimum Gasteiger partial charge on any atom is -0.316 e. The lowest BCUT2D eigenvalue weighted by molar-refractivity contribution is 0.848. The van der Waals surface area contributed by atoms with Crippen LogP contribution < -0.4 is 5.32 Å². The van der Waals surface area contributed by atoms with Crippen molar-refractivity contribution >= 4 is 0 Å². The first-order valence-electron chi connectivity index (χ1n) is 4.13. The van der Waals surface area contributed by atoms with Gasteiger partial charge in [0.2, 0.25) is 0 Å². The van der Waals surface area contributed by atoms with Crippen LogP contribution in [-0.2, 0) is 0 Å². The third kappa shape index (κ3) is 7.29. The first-order chi connectivity index (χ1) is 5.72. The van der Waals surface area contributed by atoms with Gasteiger partial charge in [-0.1, -0.05) is 17.2 Å². The Kier molecular flexibility index (Phi) is 11.7. The van der Waals surface area contributed by atoms with Crippen LogP contribution >= 0.6 is 0 Å². The average Bonchev–Trinajstić information content (AvgIpc) is 2.08. The van der Waals surface area contributed by atoms with Crippen LogP contribution in [0.15, 0.2) is 37.0 Å². The molecule has 0 saturated carbocycles. The van der Waals surface area contributed by atoms with E-state index in [0.29, 0.717) is 0 Å². The van der Waals surface area contributed by atoms with Crippen LogP contribution in [0.4, 0.5) is 0 Å². The van der Waals surface area contributed by atoms with Crippen molar-refractivity contribution in [1.82, 2.24) is 5.32 Å². The summed E-state index contributed by atoms with van der Waals surface area (Å²) < 4.78 is 0. The highest BCUT2D eigenvalue weighted by Crippen LogP contribution is 2.06. The minimum absolute atomic E-state index is 0.981. The fraction of sp³-hybridized carbons (Fsp3) is 0.455. The molecule has 0 aliphatic heterocycles. The standard InChI is InChI=1S/C9H17N.C2H4/c1-5-6-9(7-10-4)8(2)3;1-2/h5,10H,1,6-7H2,2-4H3;1-2H2. The lowest BCUT2D eigenvalue weighted by Gasteiger charge is -2.05. The molecule has 70 valence electrons. The summed E-state index contributed by atoms with van der Waals surface area (Å²) in [6, 6.07) is 0. The summed E-state index contributed by atoms with van der Waals surface area (Å²) in [5.41, 5.74) is 2.84. The second-order valence-corrected chi connectivity index (χ2v) is 2.63. The predicted octanol–water partition coefficient (Wildman–Crippen LogP) is 2.92. The average molecular weight is 167 g/mol. The van der Waals surface area contributed by atoms with Crippen molar-refractivity contribution < 1.29 is 0 Å². The lowest BCUT2D eigenvalue weighted by Crippen LogP contribution is -2.10. The van der Waals surface area contributed by atoms with E-state index in [2.05, 4.69) is 38.9 Å². The van der Waals surface area contributed by atoms with Gasteiger partial charge in [0.15, 0.2) is 0 Å². The van der Waals surface area contributed by atoms with Crippen molar-refractivity contribution in [2.45, 2.75) is 20.3 Å².